The molecule has 1 heterocycles. The molecule has 4 N–H and O–H groups in total. The van der Waals surface area contributed by atoms with Gasteiger partial charge in [-0.1, -0.05) is 0 Å². The summed E-state index contributed by atoms with van der Waals surface area (Å²) in [4.78, 5) is 7.39. The summed E-state index contributed by atoms with van der Waals surface area (Å²) in [6, 6.07) is 1.58. The van der Waals surface area contributed by atoms with Gasteiger partial charge in [-0.05, 0) is 15.9 Å². The molecule has 1 aromatic heterocycles. The van der Waals surface area contributed by atoms with Crippen LogP contribution in [0.4, 0.5) is 11.8 Å². The molecule has 1 aromatic rings. The van der Waals surface area contributed by atoms with Crippen LogP contribution >= 0.6 is 15.9 Å². The number of hydrogen-bond acceptors (Lipinski definition) is 4. The predicted octanol–water partition coefficient (Wildman–Crippen LogP) is 0.403. The summed E-state index contributed by atoms with van der Waals surface area (Å²) in [6.45, 7) is 0. The van der Waals surface area contributed by atoms with Gasteiger partial charge in [0, 0.05) is 6.07 Å². The molecule has 0 bridgehead atoms. The first-order valence-corrected chi connectivity index (χ1v) is 3.03. The first-order chi connectivity index (χ1) is 4.18. The van der Waals surface area contributed by atoms with Crippen LogP contribution in [0, 0.1) is 0 Å². The van der Waals surface area contributed by atoms with Crippen molar-refractivity contribution in [1.82, 2.24) is 9.97 Å². The number of halogens is 1. The number of anilines is 2. The van der Waals surface area contributed by atoms with Gasteiger partial charge in [0.2, 0.25) is 5.95 Å². The van der Waals surface area contributed by atoms with E-state index in [1.807, 2.05) is 0 Å². The van der Waals surface area contributed by atoms with Crippen molar-refractivity contribution in [3.63, 3.8) is 0 Å². The van der Waals surface area contributed by atoms with Gasteiger partial charge < -0.3 is 11.5 Å². The van der Waals surface area contributed by atoms with Crippen molar-refractivity contribution < 1.29 is 0 Å². The van der Waals surface area contributed by atoms with Crippen LogP contribution < -0.4 is 11.5 Å². The van der Waals surface area contributed by atoms with Gasteiger partial charge in [-0.15, -0.1) is 0 Å². The Kier molecular flexibility index (Phi) is 1.52. The van der Waals surface area contributed by atoms with Crippen molar-refractivity contribution in [3.8, 4) is 0 Å². The van der Waals surface area contributed by atoms with Crippen molar-refractivity contribution in [2.45, 2.75) is 0 Å². The van der Waals surface area contributed by atoms with Gasteiger partial charge in [-0.25, -0.2) is 4.98 Å². The zero-order valence-electron chi connectivity index (χ0n) is 4.50. The van der Waals surface area contributed by atoms with Gasteiger partial charge in [0.1, 0.15) is 10.4 Å². The van der Waals surface area contributed by atoms with E-state index in [1.54, 1.807) is 6.07 Å². The maximum absolute atomic E-state index is 5.30. The van der Waals surface area contributed by atoms with E-state index >= 15 is 0 Å². The molecule has 48 valence electrons. The van der Waals surface area contributed by atoms with Gasteiger partial charge in [0.25, 0.3) is 0 Å². The third kappa shape index (κ3) is 1.53. The summed E-state index contributed by atoms with van der Waals surface area (Å²) < 4.78 is 0.604. The Morgan fingerprint density at radius 3 is 2.44 bits per heavy atom. The third-order valence-electron chi connectivity index (χ3n) is 0.732. The Morgan fingerprint density at radius 1 is 1.33 bits per heavy atom. The highest BCUT2D eigenvalue weighted by molar-refractivity contribution is 9.10. The first kappa shape index (κ1) is 6.28. The molecule has 0 fully saturated rings. The molecular formula is C4H5BrN4. The molecule has 0 unspecified atom stereocenters. The molecule has 0 aliphatic carbocycles. The van der Waals surface area contributed by atoms with Crippen molar-refractivity contribution in [2.75, 3.05) is 11.5 Å². The van der Waals surface area contributed by atoms with Crippen LogP contribution in [0.2, 0.25) is 0 Å². The molecule has 0 aliphatic heterocycles. The average molecular weight is 189 g/mol. The lowest BCUT2D eigenvalue weighted by molar-refractivity contribution is 1.17. The van der Waals surface area contributed by atoms with Crippen LogP contribution in [0.1, 0.15) is 0 Å². The quantitative estimate of drug-likeness (QED) is 0.579. The lowest BCUT2D eigenvalue weighted by Crippen LogP contribution is -1.98. The average Bonchev–Trinajstić information content (AvgIpc) is 1.59. The van der Waals surface area contributed by atoms with E-state index in [0.717, 1.165) is 0 Å². The summed E-state index contributed by atoms with van der Waals surface area (Å²) in [5.41, 5.74) is 10.5. The molecule has 0 aliphatic rings. The zero-order valence-corrected chi connectivity index (χ0v) is 6.09. The van der Waals surface area contributed by atoms with E-state index in [-0.39, 0.29) is 5.95 Å². The van der Waals surface area contributed by atoms with E-state index in [9.17, 15) is 0 Å². The number of aromatic nitrogens is 2. The van der Waals surface area contributed by atoms with E-state index in [1.165, 1.54) is 0 Å². The van der Waals surface area contributed by atoms with Gasteiger partial charge in [-0.3, -0.25) is 0 Å². The van der Waals surface area contributed by atoms with Crippen molar-refractivity contribution >= 4 is 27.7 Å². The van der Waals surface area contributed by atoms with Crippen LogP contribution in [-0.2, 0) is 0 Å². The maximum atomic E-state index is 5.30. The number of nitrogen functional groups attached to an aromatic ring is 2. The Balaban J connectivity index is 3.17. The molecule has 0 radical (unpaired) electrons. The summed E-state index contributed by atoms with van der Waals surface area (Å²) >= 11 is 3.10. The molecule has 0 amide bonds. The van der Waals surface area contributed by atoms with Crippen LogP contribution in [0.3, 0.4) is 0 Å². The summed E-state index contributed by atoms with van der Waals surface area (Å²) in [5, 5.41) is 0. The van der Waals surface area contributed by atoms with Crippen LogP contribution in [0.25, 0.3) is 0 Å². The maximum Gasteiger partial charge on any atom is 0.223 e. The molecular weight excluding hydrogens is 184 g/mol. The number of nitrogens with two attached hydrogens (primary N) is 2. The Hall–Kier alpha value is -0.840. The second-order valence-electron chi connectivity index (χ2n) is 1.47. The number of hydrogen-bond donors (Lipinski definition) is 2. The van der Waals surface area contributed by atoms with E-state index in [2.05, 4.69) is 25.9 Å². The van der Waals surface area contributed by atoms with Crippen LogP contribution in [0.15, 0.2) is 10.7 Å². The molecule has 5 heteroatoms. The second kappa shape index (κ2) is 2.18. The highest BCUT2D eigenvalue weighted by atomic mass is 79.9. The lowest BCUT2D eigenvalue weighted by Gasteiger charge is -1.93. The fourth-order valence-corrected chi connectivity index (χ4v) is 0.869. The van der Waals surface area contributed by atoms with Gasteiger partial charge in [0.15, 0.2) is 0 Å². The normalized spacial score (nSPS) is 9.44. The topological polar surface area (TPSA) is 77.8 Å². The summed E-state index contributed by atoms with van der Waals surface area (Å²) in [7, 11) is 0. The van der Waals surface area contributed by atoms with E-state index in [0.29, 0.717) is 10.4 Å². The van der Waals surface area contributed by atoms with Crippen LogP contribution in [0.5, 0.6) is 0 Å². The minimum Gasteiger partial charge on any atom is -0.383 e. The highest BCUT2D eigenvalue weighted by Crippen LogP contribution is 2.09. The van der Waals surface area contributed by atoms with Gasteiger partial charge >= 0.3 is 0 Å². The smallest absolute Gasteiger partial charge is 0.223 e. The monoisotopic (exact) mass is 188 g/mol. The second-order valence-corrected chi connectivity index (χ2v) is 2.29. The van der Waals surface area contributed by atoms with Gasteiger partial charge in [-0.2, -0.15) is 4.98 Å². The summed E-state index contributed by atoms with van der Waals surface area (Å²) in [5.74, 6) is 0.552. The fourth-order valence-electron chi connectivity index (χ4n) is 0.453. The van der Waals surface area contributed by atoms with Crippen molar-refractivity contribution in [1.29, 1.82) is 0 Å². The minimum absolute atomic E-state index is 0.182. The first-order valence-electron chi connectivity index (χ1n) is 2.24. The molecule has 1 rings (SSSR count). The van der Waals surface area contributed by atoms with Crippen LogP contribution in [-0.4, -0.2) is 9.97 Å². The van der Waals surface area contributed by atoms with Crippen molar-refractivity contribution in [2.24, 2.45) is 0 Å². The lowest BCUT2D eigenvalue weighted by atomic mass is 10.6. The van der Waals surface area contributed by atoms with E-state index < -0.39 is 0 Å². The molecule has 4 nitrogen and oxygen atoms in total. The molecule has 0 saturated carbocycles. The molecule has 0 aromatic carbocycles. The molecule has 9 heavy (non-hydrogen) atoms. The standard InChI is InChI=1S/C4H5BrN4/c5-2-1-3(6)9-4(7)8-2/h1H,(H4,6,7,8,9). The minimum atomic E-state index is 0.182. The third-order valence-corrected chi connectivity index (χ3v) is 1.14. The molecule has 0 saturated heterocycles. The molecule has 0 atom stereocenters. The Labute approximate surface area is 60.4 Å². The SMILES string of the molecule is Nc1cc(Br)nc(N)n1. The fraction of sp³-hybridized carbons (Fsp3) is 0. The Morgan fingerprint density at radius 2 is 2.00 bits per heavy atom. The predicted molar refractivity (Wildman–Crippen MR) is 38.6 cm³/mol. The summed E-state index contributed by atoms with van der Waals surface area (Å²) in [6.07, 6.45) is 0. The molecule has 0 spiro atoms. The number of rotatable bonds is 0. The zero-order chi connectivity index (χ0) is 6.85. The highest BCUT2D eigenvalue weighted by Gasteiger charge is 1.93. The Bertz CT molecular complexity index is 173. The number of nitrogens with zero attached hydrogens (tertiary/aromatic N) is 2. The van der Waals surface area contributed by atoms with Gasteiger partial charge in [0.05, 0.1) is 0 Å². The largest absolute Gasteiger partial charge is 0.383 e. The van der Waals surface area contributed by atoms with E-state index in [4.69, 9.17) is 11.5 Å². The van der Waals surface area contributed by atoms with Crippen molar-refractivity contribution in [3.05, 3.63) is 10.7 Å².